The molecule has 27 heavy (non-hydrogen) atoms. The summed E-state index contributed by atoms with van der Waals surface area (Å²) >= 11 is 7.96. The molecule has 0 bridgehead atoms. The van der Waals surface area contributed by atoms with Crippen LogP contribution in [-0.4, -0.2) is 9.78 Å². The van der Waals surface area contributed by atoms with Gasteiger partial charge < -0.3 is 0 Å². The Hall–Kier alpha value is -1.26. The highest BCUT2D eigenvalue weighted by Crippen LogP contribution is 2.38. The van der Waals surface area contributed by atoms with E-state index in [4.69, 9.17) is 11.6 Å². The van der Waals surface area contributed by atoms with Crippen LogP contribution in [0.1, 0.15) is 82.1 Å². The van der Waals surface area contributed by atoms with Crippen molar-refractivity contribution in [2.24, 2.45) is 0 Å². The van der Waals surface area contributed by atoms with E-state index in [2.05, 4.69) is 36.3 Å². The molecule has 2 aromatic rings. The minimum absolute atomic E-state index is 0.203. The maximum absolute atomic E-state index is 12.5. The van der Waals surface area contributed by atoms with Gasteiger partial charge in [0, 0.05) is 5.25 Å². The Bertz CT molecular complexity index is 833. The first-order chi connectivity index (χ1) is 12.8. The van der Waals surface area contributed by atoms with Gasteiger partial charge in [0.1, 0.15) is 5.02 Å². The van der Waals surface area contributed by atoms with E-state index < -0.39 is 0 Å². The maximum atomic E-state index is 12.5. The van der Waals surface area contributed by atoms with Gasteiger partial charge in [-0.1, -0.05) is 55.1 Å². The molecule has 3 rings (SSSR count). The SMILES string of the molecule is CC(Sc1cnn(C(C)(C)C)c(=O)c1Cl)c1ccc(C2CCCCC2)cc1. The molecular formula is C22H29ClN2OS. The summed E-state index contributed by atoms with van der Waals surface area (Å²) in [5.41, 5.74) is 2.09. The van der Waals surface area contributed by atoms with Crippen LogP contribution in [0.4, 0.5) is 0 Å². The molecule has 5 heteroatoms. The summed E-state index contributed by atoms with van der Waals surface area (Å²) in [6.07, 6.45) is 8.43. The zero-order chi connectivity index (χ0) is 19.6. The van der Waals surface area contributed by atoms with Crippen LogP contribution in [0, 0.1) is 0 Å². The molecule has 1 aromatic carbocycles. The molecule has 0 saturated heterocycles. The number of benzene rings is 1. The van der Waals surface area contributed by atoms with Crippen molar-refractivity contribution in [3.05, 3.63) is 57.0 Å². The van der Waals surface area contributed by atoms with Gasteiger partial charge >= 0.3 is 0 Å². The minimum atomic E-state index is -0.384. The summed E-state index contributed by atoms with van der Waals surface area (Å²) in [6, 6.07) is 9.00. The molecule has 1 saturated carbocycles. The third kappa shape index (κ3) is 4.78. The normalized spacial score (nSPS) is 17.1. The van der Waals surface area contributed by atoms with Gasteiger partial charge in [-0.25, -0.2) is 4.68 Å². The summed E-state index contributed by atoms with van der Waals surface area (Å²) in [4.78, 5) is 13.3. The van der Waals surface area contributed by atoms with E-state index in [1.165, 1.54) is 47.9 Å². The lowest BCUT2D eigenvalue weighted by Crippen LogP contribution is -2.36. The van der Waals surface area contributed by atoms with Crippen LogP contribution < -0.4 is 5.56 Å². The van der Waals surface area contributed by atoms with Gasteiger partial charge in [0.2, 0.25) is 0 Å². The molecule has 0 N–H and O–H groups in total. The molecule has 1 atom stereocenters. The smallest absolute Gasteiger partial charge is 0.266 e. The Labute approximate surface area is 171 Å². The lowest BCUT2D eigenvalue weighted by molar-refractivity contribution is 0.336. The number of aromatic nitrogens is 2. The van der Waals surface area contributed by atoms with Crippen LogP contribution >= 0.6 is 23.4 Å². The molecule has 3 nitrogen and oxygen atoms in total. The predicted octanol–water partition coefficient (Wildman–Crippen LogP) is 6.55. The molecule has 1 unspecified atom stereocenters. The number of thioether (sulfide) groups is 1. The second kappa shape index (κ2) is 8.40. The van der Waals surface area contributed by atoms with Crippen LogP contribution in [0.2, 0.25) is 5.02 Å². The van der Waals surface area contributed by atoms with Crippen molar-refractivity contribution in [1.82, 2.24) is 9.78 Å². The number of halogens is 1. The average Bonchev–Trinajstić information content (AvgIpc) is 2.65. The monoisotopic (exact) mass is 404 g/mol. The van der Waals surface area contributed by atoms with E-state index in [0.717, 1.165) is 10.8 Å². The predicted molar refractivity (Wildman–Crippen MR) is 115 cm³/mol. The van der Waals surface area contributed by atoms with Crippen LogP contribution in [0.5, 0.6) is 0 Å². The molecular weight excluding hydrogens is 376 g/mol. The summed E-state index contributed by atoms with van der Waals surface area (Å²) in [5.74, 6) is 0.722. The van der Waals surface area contributed by atoms with E-state index in [1.807, 2.05) is 20.8 Å². The Balaban J connectivity index is 1.74. The zero-order valence-corrected chi connectivity index (χ0v) is 18.2. The van der Waals surface area contributed by atoms with Gasteiger partial charge in [0.25, 0.3) is 5.56 Å². The fraction of sp³-hybridized carbons (Fsp3) is 0.545. The van der Waals surface area contributed by atoms with Crippen LogP contribution in [0.3, 0.4) is 0 Å². The van der Waals surface area contributed by atoms with Crippen molar-refractivity contribution in [3.8, 4) is 0 Å². The fourth-order valence-electron chi connectivity index (χ4n) is 3.71. The molecule has 0 aliphatic heterocycles. The maximum Gasteiger partial charge on any atom is 0.287 e. The Morgan fingerprint density at radius 1 is 1.15 bits per heavy atom. The van der Waals surface area contributed by atoms with Crippen molar-refractivity contribution in [2.45, 2.75) is 81.4 Å². The molecule has 1 aliphatic rings. The van der Waals surface area contributed by atoms with Crippen molar-refractivity contribution in [3.63, 3.8) is 0 Å². The van der Waals surface area contributed by atoms with Gasteiger partial charge in [-0.05, 0) is 57.6 Å². The molecule has 1 aliphatic carbocycles. The van der Waals surface area contributed by atoms with Crippen LogP contribution in [-0.2, 0) is 5.54 Å². The van der Waals surface area contributed by atoms with Gasteiger partial charge in [-0.2, -0.15) is 5.10 Å². The van der Waals surface area contributed by atoms with Crippen LogP contribution in [0.25, 0.3) is 0 Å². The molecule has 1 fully saturated rings. The Morgan fingerprint density at radius 2 is 1.78 bits per heavy atom. The van der Waals surface area contributed by atoms with Crippen molar-refractivity contribution in [2.75, 3.05) is 0 Å². The fourth-order valence-corrected chi connectivity index (χ4v) is 4.95. The molecule has 1 aromatic heterocycles. The van der Waals surface area contributed by atoms with E-state index in [9.17, 15) is 4.79 Å². The summed E-state index contributed by atoms with van der Waals surface area (Å²) in [5, 5.41) is 4.79. The zero-order valence-electron chi connectivity index (χ0n) is 16.7. The second-order valence-corrected chi connectivity index (χ2v) is 10.2. The third-order valence-electron chi connectivity index (χ3n) is 5.31. The molecule has 146 valence electrons. The first kappa shape index (κ1) is 20.5. The average molecular weight is 405 g/mol. The molecule has 1 heterocycles. The topological polar surface area (TPSA) is 34.9 Å². The second-order valence-electron chi connectivity index (χ2n) is 8.47. The quantitative estimate of drug-likeness (QED) is 0.541. The summed E-state index contributed by atoms with van der Waals surface area (Å²) in [7, 11) is 0. The van der Waals surface area contributed by atoms with Gasteiger partial charge in [-0.3, -0.25) is 4.79 Å². The molecule has 0 spiro atoms. The first-order valence-corrected chi connectivity index (χ1v) is 11.1. The van der Waals surface area contributed by atoms with Gasteiger partial charge in [0.15, 0.2) is 0 Å². The summed E-state index contributed by atoms with van der Waals surface area (Å²) < 4.78 is 1.45. The van der Waals surface area contributed by atoms with Crippen molar-refractivity contribution in [1.29, 1.82) is 0 Å². The number of nitrogens with zero attached hydrogens (tertiary/aromatic N) is 2. The summed E-state index contributed by atoms with van der Waals surface area (Å²) in [6.45, 7) is 7.98. The van der Waals surface area contributed by atoms with Gasteiger partial charge in [-0.15, -0.1) is 11.8 Å². The van der Waals surface area contributed by atoms with E-state index in [-0.39, 0.29) is 21.4 Å². The minimum Gasteiger partial charge on any atom is -0.266 e. The molecule has 0 amide bonds. The third-order valence-corrected chi connectivity index (χ3v) is 6.98. The number of hydrogen-bond acceptors (Lipinski definition) is 3. The largest absolute Gasteiger partial charge is 0.287 e. The highest BCUT2D eigenvalue weighted by molar-refractivity contribution is 7.99. The highest BCUT2D eigenvalue weighted by Gasteiger charge is 2.21. The molecule has 0 radical (unpaired) electrons. The van der Waals surface area contributed by atoms with E-state index in [1.54, 1.807) is 18.0 Å². The van der Waals surface area contributed by atoms with Gasteiger partial charge in [0.05, 0.1) is 16.6 Å². The Kier molecular flexibility index (Phi) is 6.37. The van der Waals surface area contributed by atoms with Crippen molar-refractivity contribution >= 4 is 23.4 Å². The van der Waals surface area contributed by atoms with E-state index in [0.29, 0.717) is 0 Å². The highest BCUT2D eigenvalue weighted by atomic mass is 35.5. The number of hydrogen-bond donors (Lipinski definition) is 0. The number of rotatable bonds is 4. The Morgan fingerprint density at radius 3 is 2.37 bits per heavy atom. The first-order valence-electron chi connectivity index (χ1n) is 9.82. The standard InChI is InChI=1S/C22H29ClN2OS/c1-15(16-10-12-18(13-11-16)17-8-6-5-7-9-17)27-19-14-24-25(22(2,3)4)21(26)20(19)23/h10-15,17H,5-9H2,1-4H3. The lowest BCUT2D eigenvalue weighted by Gasteiger charge is -2.23. The van der Waals surface area contributed by atoms with E-state index >= 15 is 0 Å². The lowest BCUT2D eigenvalue weighted by atomic mass is 9.84. The van der Waals surface area contributed by atoms with Crippen molar-refractivity contribution < 1.29 is 0 Å². The van der Waals surface area contributed by atoms with Crippen LogP contribution in [0.15, 0.2) is 40.2 Å².